The molecule has 100 valence electrons. The van der Waals surface area contributed by atoms with Crippen LogP contribution in [0.3, 0.4) is 0 Å². The normalized spacial score (nSPS) is 24.9. The van der Waals surface area contributed by atoms with E-state index in [0.29, 0.717) is 13.2 Å². The number of nitrogens with one attached hydrogen (secondary N) is 2. The van der Waals surface area contributed by atoms with Crippen LogP contribution in [0.5, 0.6) is 0 Å². The molecule has 0 aliphatic carbocycles. The lowest BCUT2D eigenvalue weighted by Gasteiger charge is -2.22. The molecule has 5 heteroatoms. The van der Waals surface area contributed by atoms with Gasteiger partial charge < -0.3 is 20.5 Å². The van der Waals surface area contributed by atoms with Crippen molar-refractivity contribution in [2.24, 2.45) is 5.92 Å². The Hall–Kier alpha value is -0.650. The van der Waals surface area contributed by atoms with Gasteiger partial charge in [0.05, 0.1) is 24.7 Å². The van der Waals surface area contributed by atoms with Gasteiger partial charge in [-0.15, -0.1) is 0 Å². The molecular weight excluding hydrogens is 220 g/mol. The summed E-state index contributed by atoms with van der Waals surface area (Å²) in [4.78, 5) is 11.9. The maximum Gasteiger partial charge on any atom is 0.227 e. The number of hydrogen-bond donors (Lipinski definition) is 3. The van der Waals surface area contributed by atoms with Crippen molar-refractivity contribution in [3.8, 4) is 0 Å². The molecule has 0 aromatic heterocycles. The van der Waals surface area contributed by atoms with Gasteiger partial charge in [0.15, 0.2) is 0 Å². The fourth-order valence-electron chi connectivity index (χ4n) is 1.78. The molecule has 1 aliphatic rings. The number of rotatable bonds is 6. The van der Waals surface area contributed by atoms with E-state index in [9.17, 15) is 9.90 Å². The van der Waals surface area contributed by atoms with Crippen molar-refractivity contribution in [2.75, 3.05) is 26.3 Å². The Bertz CT molecular complexity index is 251. The molecule has 1 saturated heterocycles. The summed E-state index contributed by atoms with van der Waals surface area (Å²) in [6.07, 6.45) is 1.04. The number of aliphatic hydroxyl groups is 1. The molecule has 0 saturated carbocycles. The van der Waals surface area contributed by atoms with E-state index < -0.39 is 5.60 Å². The zero-order chi connectivity index (χ0) is 12.9. The Balaban J connectivity index is 2.39. The average Bonchev–Trinajstić information content (AvgIpc) is 2.70. The van der Waals surface area contributed by atoms with Crippen molar-refractivity contribution in [2.45, 2.75) is 38.8 Å². The van der Waals surface area contributed by atoms with E-state index in [1.807, 2.05) is 0 Å². The minimum absolute atomic E-state index is 0.0433. The molecule has 0 aromatic carbocycles. The zero-order valence-electron chi connectivity index (χ0n) is 11.0. The second-order valence-corrected chi connectivity index (χ2v) is 5.23. The van der Waals surface area contributed by atoms with Crippen LogP contribution >= 0.6 is 0 Å². The second kappa shape index (κ2) is 6.33. The van der Waals surface area contributed by atoms with Crippen LogP contribution in [0.25, 0.3) is 0 Å². The number of carbonyl (C=O) groups is 1. The van der Waals surface area contributed by atoms with Crippen molar-refractivity contribution in [1.29, 1.82) is 0 Å². The summed E-state index contributed by atoms with van der Waals surface area (Å²) in [7, 11) is 0. The molecule has 1 heterocycles. The minimum atomic E-state index is -0.874. The van der Waals surface area contributed by atoms with Crippen molar-refractivity contribution < 1.29 is 14.6 Å². The molecule has 1 rings (SSSR count). The Morgan fingerprint density at radius 3 is 2.76 bits per heavy atom. The first-order valence-corrected chi connectivity index (χ1v) is 6.25. The molecule has 2 unspecified atom stereocenters. The van der Waals surface area contributed by atoms with Gasteiger partial charge in [0.2, 0.25) is 5.91 Å². The average molecular weight is 244 g/mol. The van der Waals surface area contributed by atoms with Gasteiger partial charge in [0, 0.05) is 12.6 Å². The largest absolute Gasteiger partial charge is 0.389 e. The third kappa shape index (κ3) is 5.02. The SMILES string of the molecule is CCCNC1COCC1C(=O)NCC(C)(C)O. The van der Waals surface area contributed by atoms with Gasteiger partial charge >= 0.3 is 0 Å². The van der Waals surface area contributed by atoms with E-state index in [4.69, 9.17) is 4.74 Å². The molecule has 1 amide bonds. The molecular formula is C12H24N2O3. The monoisotopic (exact) mass is 244 g/mol. The molecule has 0 spiro atoms. The van der Waals surface area contributed by atoms with Crippen LogP contribution in [0.4, 0.5) is 0 Å². The molecule has 1 fully saturated rings. The van der Waals surface area contributed by atoms with Crippen LogP contribution in [-0.4, -0.2) is 49.0 Å². The summed E-state index contributed by atoms with van der Waals surface area (Å²) in [6, 6.07) is 0.0942. The predicted molar refractivity (Wildman–Crippen MR) is 65.7 cm³/mol. The fraction of sp³-hybridized carbons (Fsp3) is 0.917. The number of ether oxygens (including phenoxy) is 1. The van der Waals surface area contributed by atoms with Crippen molar-refractivity contribution >= 4 is 5.91 Å². The van der Waals surface area contributed by atoms with Crippen molar-refractivity contribution in [1.82, 2.24) is 10.6 Å². The smallest absolute Gasteiger partial charge is 0.227 e. The standard InChI is InChI=1S/C12H24N2O3/c1-4-5-13-10-7-17-6-9(10)11(15)14-8-12(2,3)16/h9-10,13,16H,4-8H2,1-3H3,(H,14,15). The fourth-order valence-corrected chi connectivity index (χ4v) is 1.78. The first kappa shape index (κ1) is 14.4. The highest BCUT2D eigenvalue weighted by Crippen LogP contribution is 2.14. The second-order valence-electron chi connectivity index (χ2n) is 5.23. The van der Waals surface area contributed by atoms with E-state index in [1.54, 1.807) is 13.8 Å². The van der Waals surface area contributed by atoms with Gasteiger partial charge in [-0.25, -0.2) is 0 Å². The predicted octanol–water partition coefficient (Wildman–Crippen LogP) is -0.112. The molecule has 3 N–H and O–H groups in total. The summed E-state index contributed by atoms with van der Waals surface area (Å²) < 4.78 is 5.33. The van der Waals surface area contributed by atoms with Gasteiger partial charge in [-0.1, -0.05) is 6.92 Å². The molecule has 5 nitrogen and oxygen atoms in total. The van der Waals surface area contributed by atoms with Crippen LogP contribution in [-0.2, 0) is 9.53 Å². The zero-order valence-corrected chi connectivity index (χ0v) is 11.0. The Morgan fingerprint density at radius 1 is 1.47 bits per heavy atom. The van der Waals surface area contributed by atoms with Gasteiger partial charge in [0.1, 0.15) is 0 Å². The topological polar surface area (TPSA) is 70.6 Å². The molecule has 0 aromatic rings. The summed E-state index contributed by atoms with van der Waals surface area (Å²) in [5.74, 6) is -0.192. The van der Waals surface area contributed by atoms with Gasteiger partial charge in [-0.05, 0) is 26.8 Å². The molecule has 2 atom stereocenters. The van der Waals surface area contributed by atoms with Crippen LogP contribution in [0.15, 0.2) is 0 Å². The van der Waals surface area contributed by atoms with E-state index in [2.05, 4.69) is 17.6 Å². The maximum absolute atomic E-state index is 11.9. The van der Waals surface area contributed by atoms with Crippen molar-refractivity contribution in [3.05, 3.63) is 0 Å². The van der Waals surface area contributed by atoms with Crippen LogP contribution in [0.2, 0.25) is 0 Å². The van der Waals surface area contributed by atoms with Crippen molar-refractivity contribution in [3.63, 3.8) is 0 Å². The van der Waals surface area contributed by atoms with Crippen LogP contribution < -0.4 is 10.6 Å². The quantitative estimate of drug-likeness (QED) is 0.609. The Morgan fingerprint density at radius 2 is 2.18 bits per heavy atom. The molecule has 17 heavy (non-hydrogen) atoms. The molecule has 0 bridgehead atoms. The Labute approximate surface area is 103 Å². The summed E-state index contributed by atoms with van der Waals surface area (Å²) in [5, 5.41) is 15.6. The van der Waals surface area contributed by atoms with Gasteiger partial charge in [0.25, 0.3) is 0 Å². The Kier molecular flexibility index (Phi) is 5.36. The summed E-state index contributed by atoms with van der Waals surface area (Å²) in [6.45, 7) is 7.63. The minimum Gasteiger partial charge on any atom is -0.389 e. The number of hydrogen-bond acceptors (Lipinski definition) is 4. The first-order chi connectivity index (χ1) is 7.94. The lowest BCUT2D eigenvalue weighted by molar-refractivity contribution is -0.126. The maximum atomic E-state index is 11.9. The lowest BCUT2D eigenvalue weighted by atomic mass is 10.0. The molecule has 1 aliphatic heterocycles. The van der Waals surface area contributed by atoms with Crippen LogP contribution in [0.1, 0.15) is 27.2 Å². The summed E-state index contributed by atoms with van der Waals surface area (Å²) >= 11 is 0. The van der Waals surface area contributed by atoms with E-state index in [1.165, 1.54) is 0 Å². The lowest BCUT2D eigenvalue weighted by Crippen LogP contribution is -2.47. The van der Waals surface area contributed by atoms with Gasteiger partial charge in [-0.3, -0.25) is 4.79 Å². The highest BCUT2D eigenvalue weighted by atomic mass is 16.5. The van der Waals surface area contributed by atoms with E-state index >= 15 is 0 Å². The van der Waals surface area contributed by atoms with Gasteiger partial charge in [-0.2, -0.15) is 0 Å². The highest BCUT2D eigenvalue weighted by Gasteiger charge is 2.33. The third-order valence-corrected chi connectivity index (χ3v) is 2.77. The molecule has 0 radical (unpaired) electrons. The summed E-state index contributed by atoms with van der Waals surface area (Å²) in [5.41, 5.74) is -0.874. The van der Waals surface area contributed by atoms with E-state index in [-0.39, 0.29) is 24.4 Å². The highest BCUT2D eigenvalue weighted by molar-refractivity contribution is 5.79. The number of amides is 1. The third-order valence-electron chi connectivity index (χ3n) is 2.77. The first-order valence-electron chi connectivity index (χ1n) is 6.25. The van der Waals surface area contributed by atoms with Crippen LogP contribution in [0, 0.1) is 5.92 Å². The van der Waals surface area contributed by atoms with E-state index in [0.717, 1.165) is 13.0 Å². The number of carbonyl (C=O) groups excluding carboxylic acids is 1.